The Balaban J connectivity index is 3.83. The molecule has 0 spiro atoms. The fraction of sp³-hybridized carbons (Fsp3) is 0.957. The highest BCUT2D eigenvalue weighted by molar-refractivity contribution is 5.71. The lowest BCUT2D eigenvalue weighted by molar-refractivity contribution is -0.167. The number of rotatable bonds is 65. The lowest BCUT2D eigenvalue weighted by atomic mass is 10.0. The van der Waals surface area contributed by atoms with Gasteiger partial charge < -0.3 is 14.2 Å². The van der Waals surface area contributed by atoms with Gasteiger partial charge in [0, 0.05) is 19.3 Å². The van der Waals surface area contributed by atoms with Crippen molar-refractivity contribution in [1.82, 2.24) is 0 Å². The zero-order valence-electron chi connectivity index (χ0n) is 51.4. The van der Waals surface area contributed by atoms with E-state index in [1.165, 1.54) is 302 Å². The van der Waals surface area contributed by atoms with Crippen molar-refractivity contribution in [3.05, 3.63) is 0 Å². The molecule has 0 aromatic heterocycles. The van der Waals surface area contributed by atoms with E-state index >= 15 is 0 Å². The first-order chi connectivity index (χ1) is 37.0. The second-order valence-corrected chi connectivity index (χ2v) is 23.8. The van der Waals surface area contributed by atoms with Gasteiger partial charge >= 0.3 is 17.9 Å². The first-order valence-corrected chi connectivity index (χ1v) is 34.5. The number of unbranched alkanes of at least 4 members (excludes halogenated alkanes) is 54. The minimum absolute atomic E-state index is 0.0624. The first-order valence-electron chi connectivity index (χ1n) is 34.5. The van der Waals surface area contributed by atoms with Gasteiger partial charge in [-0.25, -0.2) is 0 Å². The topological polar surface area (TPSA) is 78.9 Å². The van der Waals surface area contributed by atoms with Crippen LogP contribution in [-0.2, 0) is 28.6 Å². The summed E-state index contributed by atoms with van der Waals surface area (Å²) in [5.74, 6) is -0.846. The summed E-state index contributed by atoms with van der Waals surface area (Å²) in [5, 5.41) is 0. The molecule has 0 rings (SSSR count). The molecule has 6 nitrogen and oxygen atoms in total. The highest BCUT2D eigenvalue weighted by Crippen LogP contribution is 2.19. The Morgan fingerprint density at radius 1 is 0.213 bits per heavy atom. The number of esters is 3. The summed E-state index contributed by atoms with van der Waals surface area (Å²) in [6.45, 7) is 6.64. The van der Waals surface area contributed by atoms with Gasteiger partial charge in [-0.05, 0) is 19.3 Å². The van der Waals surface area contributed by atoms with Crippen LogP contribution in [0.4, 0.5) is 0 Å². The van der Waals surface area contributed by atoms with E-state index in [0.717, 1.165) is 64.2 Å². The summed E-state index contributed by atoms with van der Waals surface area (Å²) in [4.78, 5) is 37.9. The van der Waals surface area contributed by atoms with Gasteiger partial charge in [-0.1, -0.05) is 367 Å². The molecule has 0 aliphatic rings. The molecule has 0 fully saturated rings. The molecule has 6 heteroatoms. The number of hydrogen-bond donors (Lipinski definition) is 0. The molecule has 0 saturated carbocycles. The molecule has 75 heavy (non-hydrogen) atoms. The molecule has 446 valence electrons. The number of ether oxygens (including phenoxy) is 3. The van der Waals surface area contributed by atoms with E-state index in [9.17, 15) is 14.4 Å². The standard InChI is InChI=1S/C69H134O6/c1-4-7-10-13-15-17-19-21-23-25-27-28-29-30-31-32-33-34-35-36-37-38-39-40-41-42-44-45-47-49-51-53-56-59-62-68(71)74-65-66(64-73-67(70)61-58-55-12-9-6-3)75-69(72)63-60-57-54-52-50-48-46-43-26-24-22-20-18-16-14-11-8-5-2/h66H,4-65H2,1-3H3. The fourth-order valence-electron chi connectivity index (χ4n) is 10.9. The van der Waals surface area contributed by atoms with Gasteiger partial charge in [-0.3, -0.25) is 14.4 Å². The molecule has 0 bridgehead atoms. The summed E-state index contributed by atoms with van der Waals surface area (Å²) < 4.78 is 16.8. The third kappa shape index (κ3) is 63.1. The van der Waals surface area contributed by atoms with Gasteiger partial charge in [-0.15, -0.1) is 0 Å². The summed E-state index contributed by atoms with van der Waals surface area (Å²) >= 11 is 0. The molecule has 1 unspecified atom stereocenters. The zero-order valence-corrected chi connectivity index (χ0v) is 51.4. The summed E-state index contributed by atoms with van der Waals surface area (Å²) in [5.41, 5.74) is 0. The average molecular weight is 1060 g/mol. The van der Waals surface area contributed by atoms with Crippen LogP contribution in [0.15, 0.2) is 0 Å². The lowest BCUT2D eigenvalue weighted by Crippen LogP contribution is -2.30. The number of carbonyl (C=O) groups excluding carboxylic acids is 3. The third-order valence-electron chi connectivity index (χ3n) is 16.1. The molecule has 0 aromatic rings. The van der Waals surface area contributed by atoms with Crippen LogP contribution in [0.25, 0.3) is 0 Å². The van der Waals surface area contributed by atoms with E-state index < -0.39 is 6.10 Å². The maximum atomic E-state index is 12.8. The van der Waals surface area contributed by atoms with E-state index in [2.05, 4.69) is 20.8 Å². The molecule has 1 atom stereocenters. The zero-order chi connectivity index (χ0) is 54.3. The second-order valence-electron chi connectivity index (χ2n) is 23.8. The molecule has 0 aliphatic heterocycles. The van der Waals surface area contributed by atoms with Gasteiger partial charge in [0.25, 0.3) is 0 Å². The highest BCUT2D eigenvalue weighted by atomic mass is 16.6. The van der Waals surface area contributed by atoms with E-state index in [0.29, 0.717) is 19.3 Å². The van der Waals surface area contributed by atoms with Gasteiger partial charge in [-0.2, -0.15) is 0 Å². The first kappa shape index (κ1) is 73.4. The van der Waals surface area contributed by atoms with Crippen LogP contribution in [0, 0.1) is 0 Å². The molecule has 0 aromatic carbocycles. The minimum Gasteiger partial charge on any atom is -0.462 e. The Hall–Kier alpha value is -1.59. The van der Waals surface area contributed by atoms with Crippen molar-refractivity contribution in [2.75, 3.05) is 13.2 Å². The van der Waals surface area contributed by atoms with Crippen molar-refractivity contribution in [1.29, 1.82) is 0 Å². The molecule has 0 N–H and O–H groups in total. The maximum absolute atomic E-state index is 12.8. The van der Waals surface area contributed by atoms with Crippen molar-refractivity contribution in [3.8, 4) is 0 Å². The van der Waals surface area contributed by atoms with Crippen molar-refractivity contribution >= 4 is 17.9 Å². The van der Waals surface area contributed by atoms with Crippen LogP contribution < -0.4 is 0 Å². The smallest absolute Gasteiger partial charge is 0.306 e. The third-order valence-corrected chi connectivity index (χ3v) is 16.1. The Labute approximate surface area is 469 Å². The fourth-order valence-corrected chi connectivity index (χ4v) is 10.9. The van der Waals surface area contributed by atoms with Crippen molar-refractivity contribution in [2.45, 2.75) is 412 Å². The lowest BCUT2D eigenvalue weighted by Gasteiger charge is -2.18. The van der Waals surface area contributed by atoms with Gasteiger partial charge in [0.15, 0.2) is 6.10 Å². The highest BCUT2D eigenvalue weighted by Gasteiger charge is 2.19. The van der Waals surface area contributed by atoms with Crippen molar-refractivity contribution < 1.29 is 28.6 Å². The van der Waals surface area contributed by atoms with Crippen LogP contribution in [0.2, 0.25) is 0 Å². The Kier molecular flexibility index (Phi) is 63.6. The molecule has 0 heterocycles. The Morgan fingerprint density at radius 3 is 0.533 bits per heavy atom. The molecule has 0 amide bonds. The summed E-state index contributed by atoms with van der Waals surface area (Å²) in [6, 6.07) is 0. The van der Waals surface area contributed by atoms with Crippen LogP contribution in [0.1, 0.15) is 406 Å². The number of carbonyl (C=O) groups is 3. The summed E-state index contributed by atoms with van der Waals surface area (Å²) in [6.07, 6.45) is 76.3. The second kappa shape index (κ2) is 64.9. The van der Waals surface area contributed by atoms with Crippen LogP contribution in [-0.4, -0.2) is 37.2 Å². The monoisotopic (exact) mass is 1060 g/mol. The predicted octanol–water partition coefficient (Wildman–Crippen LogP) is 23.5. The van der Waals surface area contributed by atoms with Crippen LogP contribution in [0.3, 0.4) is 0 Å². The van der Waals surface area contributed by atoms with Crippen molar-refractivity contribution in [3.63, 3.8) is 0 Å². The van der Waals surface area contributed by atoms with Crippen molar-refractivity contribution in [2.24, 2.45) is 0 Å². The van der Waals surface area contributed by atoms with E-state index in [1.807, 2.05) is 0 Å². The Morgan fingerprint density at radius 2 is 0.360 bits per heavy atom. The maximum Gasteiger partial charge on any atom is 0.306 e. The van der Waals surface area contributed by atoms with Crippen LogP contribution >= 0.6 is 0 Å². The average Bonchev–Trinajstić information content (AvgIpc) is 3.41. The molecular weight excluding hydrogens is 925 g/mol. The van der Waals surface area contributed by atoms with Gasteiger partial charge in [0.1, 0.15) is 13.2 Å². The van der Waals surface area contributed by atoms with Crippen LogP contribution in [0.5, 0.6) is 0 Å². The normalized spacial score (nSPS) is 11.9. The van der Waals surface area contributed by atoms with E-state index in [1.54, 1.807) is 0 Å². The Bertz CT molecular complexity index is 1120. The van der Waals surface area contributed by atoms with E-state index in [-0.39, 0.29) is 31.1 Å². The summed E-state index contributed by atoms with van der Waals surface area (Å²) in [7, 11) is 0. The van der Waals surface area contributed by atoms with Gasteiger partial charge in [0.2, 0.25) is 0 Å². The molecule has 0 saturated heterocycles. The predicted molar refractivity (Wildman–Crippen MR) is 326 cm³/mol. The molecule has 0 aliphatic carbocycles. The number of hydrogen-bond acceptors (Lipinski definition) is 6. The molecule has 0 radical (unpaired) electrons. The molecular formula is C69H134O6. The minimum atomic E-state index is -0.760. The largest absolute Gasteiger partial charge is 0.462 e. The van der Waals surface area contributed by atoms with Gasteiger partial charge in [0.05, 0.1) is 0 Å². The SMILES string of the molecule is CCCCCCCCCCCCCCCCCCCCCCCCCCCCCCCCCCCCC(=O)OCC(COC(=O)CCCCCCC)OC(=O)CCCCCCCCCCCCCCCCCCCC. The van der Waals surface area contributed by atoms with E-state index in [4.69, 9.17) is 14.2 Å². The quantitative estimate of drug-likeness (QED) is 0.0343.